The first-order chi connectivity index (χ1) is 0. The number of hydrogen-bond acceptors (Lipinski definition) is 0. The van der Waals surface area contributed by atoms with Crippen LogP contribution in [0.3, 0.4) is 0 Å². The standard InChI is InChI=1S/Al.Ga.5O.Sn/q2*+3;5*-2;+4. The zero-order valence-electron chi connectivity index (χ0n) is 3.70. The topological polar surface area (TPSA) is 142 Å². The molecule has 0 heterocycles. The van der Waals surface area contributed by atoms with E-state index in [1.807, 2.05) is 0 Å². The summed E-state index contributed by atoms with van der Waals surface area (Å²) in [5, 5.41) is 0. The Morgan fingerprint density at radius 2 is 0.500 bits per heavy atom. The zero-order valence-corrected chi connectivity index (χ0v) is 10.1. The van der Waals surface area contributed by atoms with Crippen molar-refractivity contribution in [1.82, 2.24) is 0 Å². The Morgan fingerprint density at radius 1 is 0.500 bits per heavy atom. The molecule has 8 heteroatoms. The molecule has 0 saturated heterocycles. The fraction of sp³-hybridized carbons (Fsp3) is 0. The minimum Gasteiger partial charge on any atom is -2.00 e. The third kappa shape index (κ3) is 114. The molecule has 0 bridgehead atoms. The van der Waals surface area contributed by atoms with E-state index in [0.717, 1.165) is 0 Å². The van der Waals surface area contributed by atoms with Crippen LogP contribution in [0.2, 0.25) is 0 Å². The quantitative estimate of drug-likeness (QED) is 0.468. The van der Waals surface area contributed by atoms with Crippen molar-refractivity contribution >= 4 is 61.1 Å². The van der Waals surface area contributed by atoms with Crippen molar-refractivity contribution in [3.63, 3.8) is 0 Å². The molecule has 5 nitrogen and oxygen atoms in total. The van der Waals surface area contributed by atoms with Gasteiger partial charge in [-0.2, -0.15) is 0 Å². The molecular weight excluding hydrogens is 295 g/mol. The van der Waals surface area contributed by atoms with Crippen LogP contribution in [0.1, 0.15) is 0 Å². The molecular formula is AlGaO5Sn. The normalized spacial score (nSPS) is 0. The number of hydrogen-bond donors (Lipinski definition) is 0. The summed E-state index contributed by atoms with van der Waals surface area (Å²) in [6.45, 7) is 0. The molecule has 0 radical (unpaired) electrons. The molecule has 0 aliphatic rings. The molecule has 0 rings (SSSR count). The molecule has 0 aliphatic heterocycles. The van der Waals surface area contributed by atoms with Crippen molar-refractivity contribution in [2.24, 2.45) is 0 Å². The molecule has 0 fully saturated rings. The summed E-state index contributed by atoms with van der Waals surface area (Å²) in [6, 6.07) is 0. The second-order valence-electron chi connectivity index (χ2n) is 0. The van der Waals surface area contributed by atoms with Gasteiger partial charge in [0.1, 0.15) is 0 Å². The van der Waals surface area contributed by atoms with Gasteiger partial charge in [-0.3, -0.25) is 0 Å². The summed E-state index contributed by atoms with van der Waals surface area (Å²) in [6.07, 6.45) is 0. The summed E-state index contributed by atoms with van der Waals surface area (Å²) in [5.74, 6) is 0. The van der Waals surface area contributed by atoms with Crippen LogP contribution in [0, 0.1) is 0 Å². The first kappa shape index (κ1) is 240. The predicted molar refractivity (Wildman–Crippen MR) is 20.7 cm³/mol. The van der Waals surface area contributed by atoms with Crippen LogP contribution in [0.25, 0.3) is 0 Å². The van der Waals surface area contributed by atoms with Crippen LogP contribution >= 0.6 is 0 Å². The fourth-order valence-electron chi connectivity index (χ4n) is 0. The van der Waals surface area contributed by atoms with E-state index in [4.69, 9.17) is 0 Å². The van der Waals surface area contributed by atoms with Gasteiger partial charge in [0.25, 0.3) is 0 Å². The second-order valence-corrected chi connectivity index (χ2v) is 0. The Balaban J connectivity index is 0. The molecule has 0 N–H and O–H groups in total. The summed E-state index contributed by atoms with van der Waals surface area (Å²) in [4.78, 5) is 0. The van der Waals surface area contributed by atoms with Gasteiger partial charge in [-0.05, 0) is 0 Å². The summed E-state index contributed by atoms with van der Waals surface area (Å²) >= 11 is 0. The summed E-state index contributed by atoms with van der Waals surface area (Å²) in [5.41, 5.74) is 0. The minimum atomic E-state index is 0. The second kappa shape index (κ2) is 169. The van der Waals surface area contributed by atoms with E-state index in [9.17, 15) is 0 Å². The van der Waals surface area contributed by atoms with Crippen LogP contribution in [0.4, 0.5) is 0 Å². The van der Waals surface area contributed by atoms with Gasteiger partial charge in [-0.25, -0.2) is 0 Å². The van der Waals surface area contributed by atoms with E-state index in [0.29, 0.717) is 0 Å². The molecule has 0 aliphatic carbocycles. The van der Waals surface area contributed by atoms with E-state index in [1.54, 1.807) is 0 Å². The third-order valence-electron chi connectivity index (χ3n) is 0. The van der Waals surface area contributed by atoms with Crippen molar-refractivity contribution < 1.29 is 27.4 Å². The smallest absolute Gasteiger partial charge is 2.00 e. The van der Waals surface area contributed by atoms with Gasteiger partial charge in [0.15, 0.2) is 0 Å². The monoisotopic (exact) mass is 296 g/mol. The summed E-state index contributed by atoms with van der Waals surface area (Å²) in [7, 11) is 0. The van der Waals surface area contributed by atoms with E-state index < -0.39 is 0 Å². The molecule has 0 spiro atoms. The molecule has 0 saturated carbocycles. The van der Waals surface area contributed by atoms with Crippen LogP contribution in [0.5, 0.6) is 0 Å². The van der Waals surface area contributed by atoms with Gasteiger partial charge in [0.05, 0.1) is 0 Å². The van der Waals surface area contributed by atoms with Crippen molar-refractivity contribution in [3.8, 4) is 0 Å². The third-order valence-corrected chi connectivity index (χ3v) is 0. The number of rotatable bonds is 0. The van der Waals surface area contributed by atoms with E-state index in [-0.39, 0.29) is 88.4 Å². The molecule has 0 atom stereocenters. The molecule has 0 aromatic heterocycles. The van der Waals surface area contributed by atoms with Gasteiger partial charge < -0.3 is 27.4 Å². The zero-order chi connectivity index (χ0) is 0. The van der Waals surface area contributed by atoms with Crippen molar-refractivity contribution in [2.45, 2.75) is 0 Å². The molecule has 0 aromatic rings. The maximum atomic E-state index is 0. The largest absolute Gasteiger partial charge is 4.00 e. The van der Waals surface area contributed by atoms with Crippen LogP contribution in [-0.2, 0) is 27.4 Å². The van der Waals surface area contributed by atoms with Crippen molar-refractivity contribution in [3.05, 3.63) is 0 Å². The predicted octanol–water partition coefficient (Wildman–Crippen LogP) is -1.74. The average molecular weight is 295 g/mol. The fourth-order valence-corrected chi connectivity index (χ4v) is 0. The Bertz CT molecular complexity index is 12.4. The maximum Gasteiger partial charge on any atom is 4.00 e. The van der Waals surface area contributed by atoms with Gasteiger partial charge >= 0.3 is 61.1 Å². The maximum absolute atomic E-state index is 0. The molecule has 0 unspecified atom stereocenters. The van der Waals surface area contributed by atoms with Crippen molar-refractivity contribution in [1.29, 1.82) is 0 Å². The van der Waals surface area contributed by atoms with Gasteiger partial charge in [-0.1, -0.05) is 0 Å². The van der Waals surface area contributed by atoms with Gasteiger partial charge in [-0.15, -0.1) is 0 Å². The van der Waals surface area contributed by atoms with Crippen LogP contribution in [-0.4, -0.2) is 61.1 Å². The Labute approximate surface area is 87.9 Å². The van der Waals surface area contributed by atoms with E-state index in [1.165, 1.54) is 0 Å². The summed E-state index contributed by atoms with van der Waals surface area (Å²) < 4.78 is 0. The van der Waals surface area contributed by atoms with Crippen molar-refractivity contribution in [2.75, 3.05) is 0 Å². The SMILES string of the molecule is [Al+3].[Ga+3].[O-2].[O-2].[O-2].[O-2].[O-2].[Sn+4]. The average Bonchev–Trinajstić information content (AvgIpc) is 0. The molecule has 8 heavy (non-hydrogen) atoms. The molecule has 0 aromatic carbocycles. The van der Waals surface area contributed by atoms with Crippen LogP contribution < -0.4 is 0 Å². The Kier molecular flexibility index (Phi) is 5090. The van der Waals surface area contributed by atoms with E-state index in [2.05, 4.69) is 0 Å². The Hall–Kier alpha value is 1.77. The molecule has 0 amide bonds. The Morgan fingerprint density at radius 3 is 0.500 bits per heavy atom. The first-order valence-electron chi connectivity index (χ1n) is 0. The van der Waals surface area contributed by atoms with Gasteiger partial charge in [0, 0.05) is 0 Å². The first-order valence-corrected chi connectivity index (χ1v) is 0. The van der Waals surface area contributed by atoms with E-state index >= 15 is 0 Å². The van der Waals surface area contributed by atoms with Crippen LogP contribution in [0.15, 0.2) is 0 Å². The molecule has 40 valence electrons. The van der Waals surface area contributed by atoms with Gasteiger partial charge in [0.2, 0.25) is 0 Å². The minimum absolute atomic E-state index is 0.